The molecule has 13 heteroatoms. The number of rotatable bonds is 7. The van der Waals surface area contributed by atoms with Crippen LogP contribution in [0.1, 0.15) is 35.4 Å². The maximum atomic E-state index is 14.5. The van der Waals surface area contributed by atoms with Gasteiger partial charge in [0.2, 0.25) is 11.8 Å². The molecule has 4 aliphatic rings. The van der Waals surface area contributed by atoms with Crippen LogP contribution in [0.3, 0.4) is 0 Å². The van der Waals surface area contributed by atoms with Crippen molar-refractivity contribution in [3.63, 3.8) is 0 Å². The highest BCUT2D eigenvalue weighted by atomic mass is 35.5. The highest BCUT2D eigenvalue weighted by Gasteiger charge is 2.77. The largest absolute Gasteiger partial charge is 0.508 e. The average molecular weight is 802 g/mol. The van der Waals surface area contributed by atoms with Crippen LogP contribution in [0.15, 0.2) is 96.6 Å². The number of carbonyl (C=O) groups excluding carboxylic acids is 4. The number of carbonyl (C=O) groups is 4. The van der Waals surface area contributed by atoms with Crippen LogP contribution in [-0.2, 0) is 19.2 Å². The number of anilines is 2. The van der Waals surface area contributed by atoms with Gasteiger partial charge in [0.25, 0.3) is 11.8 Å². The molecule has 1 N–H and O–H groups in total. The Bertz CT molecular complexity index is 2350. The van der Waals surface area contributed by atoms with E-state index in [-0.39, 0.29) is 34.9 Å². The second-order valence-electron chi connectivity index (χ2n) is 14.0. The summed E-state index contributed by atoms with van der Waals surface area (Å²) in [6, 6.07) is 21.4. The lowest BCUT2D eigenvalue weighted by molar-refractivity contribution is -0.125. The molecule has 0 aromatic heterocycles. The number of hydrogen-bond acceptors (Lipinski definition) is 7. The Kier molecular flexibility index (Phi) is 9.06. The van der Waals surface area contributed by atoms with Crippen molar-refractivity contribution in [3.8, 4) is 17.2 Å². The van der Waals surface area contributed by atoms with Crippen LogP contribution in [0, 0.1) is 23.6 Å². The molecule has 55 heavy (non-hydrogen) atoms. The molecule has 6 unspecified atom stereocenters. The lowest BCUT2D eigenvalue weighted by Gasteiger charge is -2.50. The molecule has 2 heterocycles. The minimum Gasteiger partial charge on any atom is -0.508 e. The van der Waals surface area contributed by atoms with E-state index in [9.17, 15) is 28.7 Å². The lowest BCUT2D eigenvalue weighted by Crippen LogP contribution is -2.60. The fourth-order valence-corrected chi connectivity index (χ4v) is 9.75. The third-order valence-corrected chi connectivity index (χ3v) is 12.9. The van der Waals surface area contributed by atoms with Crippen molar-refractivity contribution >= 4 is 82.0 Å². The second kappa shape index (κ2) is 13.5. The van der Waals surface area contributed by atoms with Crippen LogP contribution < -0.4 is 19.3 Å². The smallest absolute Gasteiger partial charge is 0.258 e. The minimum absolute atomic E-state index is 0.0500. The second-order valence-corrected chi connectivity index (χ2v) is 15.7. The SMILES string of the molecule is COc1ccc(OC)c(C=Cc2ccc(N3C(=O)C4CC=C5C(CC6(Cl)C(=O)N(c7ccc(F)cc7)C(=O)C6(Cl)C5c5cc(Cl)ccc5O)C4C3=O)cc2)c1. The number of imide groups is 2. The standard InChI is InChI=1S/C42H32Cl3FN2O7/c1-54-28-14-18-34(55-2)23(19-28)6-3-22-4-10-26(11-5-22)47-37(50)30-16-15-29-32(35(30)38(47)51)21-41(44)39(52)48(27-12-8-25(46)9-13-27)40(53)42(41,45)36(29)31-20-24(43)7-17-33(31)49/h3-15,17-20,30,32,35-36,49H,16,21H2,1-2H3. The van der Waals surface area contributed by atoms with Gasteiger partial charge in [-0.2, -0.15) is 0 Å². The summed E-state index contributed by atoms with van der Waals surface area (Å²) in [5.74, 6) is -5.98. The average Bonchev–Trinajstić information content (AvgIpc) is 3.52. The molecular weight excluding hydrogens is 770 g/mol. The predicted octanol–water partition coefficient (Wildman–Crippen LogP) is 8.14. The molecule has 3 fully saturated rings. The van der Waals surface area contributed by atoms with Crippen molar-refractivity contribution in [2.45, 2.75) is 28.5 Å². The number of methoxy groups -OCH3 is 2. The Hall–Kier alpha value is -5.16. The van der Waals surface area contributed by atoms with Gasteiger partial charge in [-0.05, 0) is 97.1 Å². The molecule has 6 atom stereocenters. The van der Waals surface area contributed by atoms with Crippen molar-refractivity contribution in [2.75, 3.05) is 24.0 Å². The first-order valence-corrected chi connectivity index (χ1v) is 18.5. The number of aromatic hydroxyl groups is 1. The van der Waals surface area contributed by atoms with Crippen LogP contribution in [-0.4, -0.2) is 52.7 Å². The van der Waals surface area contributed by atoms with Crippen LogP contribution in [0.2, 0.25) is 5.02 Å². The monoisotopic (exact) mass is 800 g/mol. The van der Waals surface area contributed by atoms with E-state index in [1.165, 1.54) is 30.3 Å². The summed E-state index contributed by atoms with van der Waals surface area (Å²) in [6.07, 6.45) is 5.36. The van der Waals surface area contributed by atoms with E-state index >= 15 is 0 Å². The maximum absolute atomic E-state index is 14.5. The topological polar surface area (TPSA) is 113 Å². The normalized spacial score (nSPS) is 27.3. The Morgan fingerprint density at radius 1 is 0.800 bits per heavy atom. The van der Waals surface area contributed by atoms with E-state index in [1.807, 2.05) is 18.2 Å². The molecule has 2 aliphatic heterocycles. The van der Waals surface area contributed by atoms with Crippen LogP contribution in [0.5, 0.6) is 17.2 Å². The zero-order valence-electron chi connectivity index (χ0n) is 29.3. The van der Waals surface area contributed by atoms with Gasteiger partial charge in [0.05, 0.1) is 37.4 Å². The Morgan fingerprint density at radius 2 is 1.49 bits per heavy atom. The van der Waals surface area contributed by atoms with Crippen LogP contribution in [0.25, 0.3) is 12.2 Å². The van der Waals surface area contributed by atoms with E-state index in [0.717, 1.165) is 33.1 Å². The van der Waals surface area contributed by atoms with Gasteiger partial charge in [-0.15, -0.1) is 23.2 Å². The maximum Gasteiger partial charge on any atom is 0.258 e. The molecule has 1 saturated carbocycles. The molecule has 4 aromatic carbocycles. The van der Waals surface area contributed by atoms with Crippen molar-refractivity contribution < 1.29 is 38.1 Å². The zero-order valence-corrected chi connectivity index (χ0v) is 31.6. The number of hydrogen-bond donors (Lipinski definition) is 1. The van der Waals surface area contributed by atoms with Gasteiger partial charge in [-0.1, -0.05) is 47.5 Å². The molecule has 0 radical (unpaired) electrons. The summed E-state index contributed by atoms with van der Waals surface area (Å²) >= 11 is 21.2. The third kappa shape index (κ3) is 5.56. The van der Waals surface area contributed by atoms with Crippen molar-refractivity contribution in [3.05, 3.63) is 124 Å². The number of alkyl halides is 2. The van der Waals surface area contributed by atoms with Gasteiger partial charge in [0, 0.05) is 22.1 Å². The molecule has 2 saturated heterocycles. The van der Waals surface area contributed by atoms with E-state index in [1.54, 1.807) is 56.7 Å². The van der Waals surface area contributed by atoms with Gasteiger partial charge in [-0.25, -0.2) is 9.29 Å². The quantitative estimate of drug-likeness (QED) is 0.0869. The number of halogens is 4. The molecule has 9 nitrogen and oxygen atoms in total. The molecule has 280 valence electrons. The number of benzene rings is 4. The molecule has 4 amide bonds. The fourth-order valence-electron chi connectivity index (χ4n) is 8.65. The summed E-state index contributed by atoms with van der Waals surface area (Å²) in [5, 5.41) is 11.4. The molecule has 4 aromatic rings. The number of ether oxygens (including phenoxy) is 2. The molecular formula is C42H32Cl3FN2O7. The van der Waals surface area contributed by atoms with Crippen LogP contribution in [0.4, 0.5) is 15.8 Å². The van der Waals surface area contributed by atoms with Gasteiger partial charge >= 0.3 is 0 Å². The predicted molar refractivity (Wildman–Crippen MR) is 207 cm³/mol. The Labute approximate surface area is 330 Å². The number of allylic oxidation sites excluding steroid dienone is 2. The van der Waals surface area contributed by atoms with Crippen molar-refractivity contribution in [1.29, 1.82) is 0 Å². The molecule has 8 rings (SSSR count). The fraction of sp³-hybridized carbons (Fsp3) is 0.238. The first-order chi connectivity index (χ1) is 26.3. The van der Waals surface area contributed by atoms with E-state index in [2.05, 4.69) is 0 Å². The third-order valence-electron chi connectivity index (χ3n) is 11.2. The highest BCUT2D eigenvalue weighted by molar-refractivity contribution is 6.58. The van der Waals surface area contributed by atoms with Gasteiger partial charge < -0.3 is 14.6 Å². The first-order valence-electron chi connectivity index (χ1n) is 17.4. The van der Waals surface area contributed by atoms with Gasteiger partial charge in [0.15, 0.2) is 9.75 Å². The van der Waals surface area contributed by atoms with Crippen LogP contribution >= 0.6 is 34.8 Å². The number of fused-ring (bicyclic) bond motifs is 4. The summed E-state index contributed by atoms with van der Waals surface area (Å²) in [5.41, 5.74) is 2.62. The number of phenolic OH excluding ortho intramolecular Hbond substituents is 1. The highest BCUT2D eigenvalue weighted by Crippen LogP contribution is 2.66. The molecule has 2 aliphatic carbocycles. The van der Waals surface area contributed by atoms with E-state index < -0.39 is 62.9 Å². The Balaban J connectivity index is 1.16. The summed E-state index contributed by atoms with van der Waals surface area (Å²) in [6.45, 7) is 0. The van der Waals surface area contributed by atoms with E-state index in [4.69, 9.17) is 44.3 Å². The van der Waals surface area contributed by atoms with Gasteiger partial charge in [0.1, 0.15) is 23.1 Å². The minimum atomic E-state index is -2.21. The van der Waals surface area contributed by atoms with Gasteiger partial charge in [-0.3, -0.25) is 24.1 Å². The first kappa shape index (κ1) is 36.8. The zero-order chi connectivity index (χ0) is 39.0. The lowest BCUT2D eigenvalue weighted by atomic mass is 9.56. The Morgan fingerprint density at radius 3 is 2.18 bits per heavy atom. The number of phenols is 1. The summed E-state index contributed by atoms with van der Waals surface area (Å²) in [7, 11) is 3.16. The molecule has 0 bridgehead atoms. The summed E-state index contributed by atoms with van der Waals surface area (Å²) in [4.78, 5) is 55.2. The number of nitrogens with zero attached hydrogens (tertiary/aromatic N) is 2. The van der Waals surface area contributed by atoms with E-state index in [0.29, 0.717) is 22.8 Å². The van der Waals surface area contributed by atoms with Crippen molar-refractivity contribution in [2.24, 2.45) is 17.8 Å². The summed E-state index contributed by atoms with van der Waals surface area (Å²) < 4.78 is 24.7. The van der Waals surface area contributed by atoms with Crippen molar-refractivity contribution in [1.82, 2.24) is 0 Å². The molecule has 0 spiro atoms. The number of amides is 4.